The number of primary sulfonamides is 1. The highest BCUT2D eigenvalue weighted by molar-refractivity contribution is 7.89. The van der Waals surface area contributed by atoms with Crippen LogP contribution in [0.4, 0.5) is 0 Å². The molecule has 1 fully saturated rings. The maximum atomic E-state index is 11.1. The third kappa shape index (κ3) is 2.84. The topological polar surface area (TPSA) is 94.6 Å². The van der Waals surface area contributed by atoms with E-state index in [0.29, 0.717) is 18.3 Å². The van der Waals surface area contributed by atoms with Crippen LogP contribution in [0.5, 0.6) is 0 Å². The molecule has 0 amide bonds. The number of rotatable bonds is 5. The fourth-order valence-corrected chi connectivity index (χ4v) is 2.94. The SMILES string of the molecule is COC1CC(NCc2ccc(S(N)(=O)=O)o2)C1(C)C. The van der Waals surface area contributed by atoms with Crippen LogP contribution in [0.3, 0.4) is 0 Å². The van der Waals surface area contributed by atoms with E-state index in [0.717, 1.165) is 6.42 Å². The molecule has 108 valence electrons. The summed E-state index contributed by atoms with van der Waals surface area (Å²) in [5, 5.41) is 8.13. The third-order valence-electron chi connectivity index (χ3n) is 3.90. The molecule has 3 N–H and O–H groups in total. The van der Waals surface area contributed by atoms with Crippen LogP contribution in [-0.2, 0) is 21.3 Å². The van der Waals surface area contributed by atoms with Gasteiger partial charge in [-0.25, -0.2) is 13.6 Å². The summed E-state index contributed by atoms with van der Waals surface area (Å²) in [5.74, 6) is 0.556. The van der Waals surface area contributed by atoms with Gasteiger partial charge in [-0.15, -0.1) is 0 Å². The molecule has 0 spiro atoms. The summed E-state index contributed by atoms with van der Waals surface area (Å²) in [6.07, 6.45) is 1.19. The van der Waals surface area contributed by atoms with Crippen molar-refractivity contribution in [2.24, 2.45) is 10.6 Å². The highest BCUT2D eigenvalue weighted by Gasteiger charge is 2.48. The monoisotopic (exact) mass is 288 g/mol. The number of hydrogen-bond acceptors (Lipinski definition) is 5. The van der Waals surface area contributed by atoms with Crippen LogP contribution in [0.1, 0.15) is 26.0 Å². The molecule has 1 aromatic rings. The lowest BCUT2D eigenvalue weighted by atomic mass is 9.64. The van der Waals surface area contributed by atoms with Crippen molar-refractivity contribution in [3.05, 3.63) is 17.9 Å². The van der Waals surface area contributed by atoms with E-state index in [4.69, 9.17) is 14.3 Å². The van der Waals surface area contributed by atoms with E-state index < -0.39 is 10.0 Å². The Balaban J connectivity index is 1.92. The summed E-state index contributed by atoms with van der Waals surface area (Å²) in [4.78, 5) is 0. The number of ether oxygens (including phenoxy) is 1. The molecular formula is C12H20N2O4S. The van der Waals surface area contributed by atoms with E-state index in [1.807, 2.05) is 0 Å². The van der Waals surface area contributed by atoms with E-state index in [1.54, 1.807) is 13.2 Å². The first kappa shape index (κ1) is 14.5. The van der Waals surface area contributed by atoms with E-state index in [-0.39, 0.29) is 16.6 Å². The molecule has 1 saturated carbocycles. The van der Waals surface area contributed by atoms with Gasteiger partial charge in [0.05, 0.1) is 12.6 Å². The Hall–Kier alpha value is -0.890. The Kier molecular flexibility index (Phi) is 3.74. The average molecular weight is 288 g/mol. The summed E-state index contributed by atoms with van der Waals surface area (Å²) in [7, 11) is -2.05. The van der Waals surface area contributed by atoms with Crippen LogP contribution in [-0.4, -0.2) is 27.7 Å². The fraction of sp³-hybridized carbons (Fsp3) is 0.667. The molecule has 1 aliphatic carbocycles. The Morgan fingerprint density at radius 1 is 1.53 bits per heavy atom. The second kappa shape index (κ2) is 4.90. The molecule has 0 saturated heterocycles. The number of sulfonamides is 1. The van der Waals surface area contributed by atoms with Gasteiger partial charge in [-0.1, -0.05) is 13.8 Å². The zero-order valence-electron chi connectivity index (χ0n) is 11.3. The highest BCUT2D eigenvalue weighted by atomic mass is 32.2. The molecule has 2 rings (SSSR count). The minimum Gasteiger partial charge on any atom is -0.447 e. The standard InChI is InChI=1S/C12H20N2O4S/c1-12(2)9(6-10(12)17-3)14-7-8-4-5-11(18-8)19(13,15)16/h4-5,9-10,14H,6-7H2,1-3H3,(H2,13,15,16). The summed E-state index contributed by atoms with van der Waals surface area (Å²) in [6.45, 7) is 4.75. The van der Waals surface area contributed by atoms with Crippen molar-refractivity contribution in [1.29, 1.82) is 0 Å². The number of furan rings is 1. The van der Waals surface area contributed by atoms with Crippen LogP contribution < -0.4 is 10.5 Å². The van der Waals surface area contributed by atoms with Gasteiger partial charge in [0.25, 0.3) is 10.0 Å². The lowest BCUT2D eigenvalue weighted by Gasteiger charge is -2.51. The van der Waals surface area contributed by atoms with Gasteiger partial charge in [-0.05, 0) is 18.6 Å². The molecule has 7 heteroatoms. The minimum atomic E-state index is -3.76. The average Bonchev–Trinajstić information content (AvgIpc) is 2.76. The predicted molar refractivity (Wildman–Crippen MR) is 69.9 cm³/mol. The van der Waals surface area contributed by atoms with Gasteiger partial charge in [-0.2, -0.15) is 0 Å². The molecule has 2 atom stereocenters. The van der Waals surface area contributed by atoms with Gasteiger partial charge >= 0.3 is 0 Å². The number of methoxy groups -OCH3 is 1. The van der Waals surface area contributed by atoms with Crippen molar-refractivity contribution in [2.45, 2.75) is 44.1 Å². The molecular weight excluding hydrogens is 268 g/mol. The van der Waals surface area contributed by atoms with Crippen molar-refractivity contribution >= 4 is 10.0 Å². The third-order valence-corrected chi connectivity index (χ3v) is 4.68. The van der Waals surface area contributed by atoms with Crippen LogP contribution in [0, 0.1) is 5.41 Å². The summed E-state index contributed by atoms with van der Waals surface area (Å²) in [5.41, 5.74) is 0.0596. The number of hydrogen-bond donors (Lipinski definition) is 2. The first-order valence-electron chi connectivity index (χ1n) is 6.13. The number of nitrogens with one attached hydrogen (secondary N) is 1. The van der Waals surface area contributed by atoms with Crippen molar-refractivity contribution < 1.29 is 17.6 Å². The van der Waals surface area contributed by atoms with Crippen molar-refractivity contribution in [1.82, 2.24) is 5.32 Å². The molecule has 0 aromatic carbocycles. The first-order valence-corrected chi connectivity index (χ1v) is 7.67. The van der Waals surface area contributed by atoms with Crippen molar-refractivity contribution in [2.75, 3.05) is 7.11 Å². The number of nitrogens with two attached hydrogens (primary N) is 1. The Labute approximate surface area is 113 Å². The van der Waals surface area contributed by atoms with Gasteiger partial charge in [-0.3, -0.25) is 0 Å². The lowest BCUT2D eigenvalue weighted by Crippen LogP contribution is -2.60. The predicted octanol–water partition coefficient (Wildman–Crippen LogP) is 0.830. The van der Waals surface area contributed by atoms with Crippen LogP contribution in [0.25, 0.3) is 0 Å². The Morgan fingerprint density at radius 2 is 2.21 bits per heavy atom. The molecule has 0 aliphatic heterocycles. The van der Waals surface area contributed by atoms with Gasteiger partial charge in [0.2, 0.25) is 5.09 Å². The van der Waals surface area contributed by atoms with Crippen LogP contribution in [0.2, 0.25) is 0 Å². The van der Waals surface area contributed by atoms with E-state index >= 15 is 0 Å². The maximum absolute atomic E-state index is 11.1. The molecule has 2 unspecified atom stereocenters. The first-order chi connectivity index (χ1) is 8.75. The molecule has 0 bridgehead atoms. The molecule has 6 nitrogen and oxygen atoms in total. The second-order valence-corrected chi connectivity index (χ2v) is 6.97. The molecule has 1 heterocycles. The van der Waals surface area contributed by atoms with Gasteiger partial charge in [0.1, 0.15) is 5.76 Å². The summed E-state index contributed by atoms with van der Waals surface area (Å²) in [6, 6.07) is 3.31. The Bertz CT molecular complexity index is 550. The molecule has 1 aliphatic rings. The molecule has 19 heavy (non-hydrogen) atoms. The van der Waals surface area contributed by atoms with Crippen LogP contribution in [0.15, 0.2) is 21.6 Å². The van der Waals surface area contributed by atoms with Crippen LogP contribution >= 0.6 is 0 Å². The molecule has 0 radical (unpaired) electrons. The largest absolute Gasteiger partial charge is 0.447 e. The smallest absolute Gasteiger partial charge is 0.271 e. The highest BCUT2D eigenvalue weighted by Crippen LogP contribution is 2.42. The summed E-state index contributed by atoms with van der Waals surface area (Å²) < 4.78 is 32.7. The summed E-state index contributed by atoms with van der Waals surface area (Å²) >= 11 is 0. The lowest BCUT2D eigenvalue weighted by molar-refractivity contribution is -0.0982. The van der Waals surface area contributed by atoms with E-state index in [1.165, 1.54) is 6.07 Å². The van der Waals surface area contributed by atoms with E-state index in [9.17, 15) is 8.42 Å². The maximum Gasteiger partial charge on any atom is 0.271 e. The minimum absolute atomic E-state index is 0.0596. The zero-order chi connectivity index (χ0) is 14.3. The normalized spacial score (nSPS) is 26.1. The second-order valence-electron chi connectivity index (χ2n) is 5.48. The Morgan fingerprint density at radius 3 is 2.68 bits per heavy atom. The fourth-order valence-electron chi connectivity index (χ4n) is 2.46. The van der Waals surface area contributed by atoms with Crippen molar-refractivity contribution in [3.63, 3.8) is 0 Å². The van der Waals surface area contributed by atoms with Gasteiger partial charge in [0, 0.05) is 18.6 Å². The quantitative estimate of drug-likeness (QED) is 0.837. The van der Waals surface area contributed by atoms with Crippen molar-refractivity contribution in [3.8, 4) is 0 Å². The zero-order valence-corrected chi connectivity index (χ0v) is 12.2. The van der Waals surface area contributed by atoms with E-state index in [2.05, 4.69) is 19.2 Å². The molecule has 1 aromatic heterocycles. The van der Waals surface area contributed by atoms with Gasteiger partial charge in [0.15, 0.2) is 0 Å². The van der Waals surface area contributed by atoms with Gasteiger partial charge < -0.3 is 14.5 Å².